The van der Waals surface area contributed by atoms with E-state index in [1.807, 2.05) is 18.2 Å². The maximum atomic E-state index is 12.0. The summed E-state index contributed by atoms with van der Waals surface area (Å²) in [4.78, 5) is 39.3. The fraction of sp³-hybridized carbons (Fsp3) is 0.200. The van der Waals surface area contributed by atoms with E-state index >= 15 is 0 Å². The number of carbonyl (C=O) groups is 3. The Balaban J connectivity index is 2.40. The summed E-state index contributed by atoms with van der Waals surface area (Å²) >= 11 is 0. The molecule has 0 fully saturated rings. The second-order valence-corrected chi connectivity index (χ2v) is 5.69. The third-order valence-electron chi connectivity index (χ3n) is 3.59. The number of hydrogen-bond acceptors (Lipinski definition) is 7. The van der Waals surface area contributed by atoms with Gasteiger partial charge in [-0.05, 0) is 24.3 Å². The van der Waals surface area contributed by atoms with Crippen LogP contribution in [0.25, 0.3) is 0 Å². The summed E-state index contributed by atoms with van der Waals surface area (Å²) < 4.78 is 14.8. The molecule has 3 N–H and O–H groups in total. The number of guanidine groups is 1. The van der Waals surface area contributed by atoms with Crippen molar-refractivity contribution in [1.29, 1.82) is 0 Å². The van der Waals surface area contributed by atoms with Crippen LogP contribution in [0.3, 0.4) is 0 Å². The van der Waals surface area contributed by atoms with Crippen molar-refractivity contribution >= 4 is 35.4 Å². The average Bonchev–Trinajstić information content (AvgIpc) is 2.75. The van der Waals surface area contributed by atoms with Gasteiger partial charge in [0.2, 0.25) is 11.9 Å². The molecule has 0 atom stereocenters. The first-order valence-electron chi connectivity index (χ1n) is 8.90. The van der Waals surface area contributed by atoms with Crippen LogP contribution in [0.2, 0.25) is 0 Å². The molecule has 0 saturated carbocycles. The second-order valence-electron chi connectivity index (χ2n) is 5.69. The summed E-state index contributed by atoms with van der Waals surface area (Å²) in [6.07, 6.45) is -1.47. The molecule has 2 aromatic rings. The Hall–Kier alpha value is -4.08. The highest BCUT2D eigenvalue weighted by atomic mass is 16.5. The number of alkyl carbamates (subject to hydrolysis) is 2. The zero-order valence-corrected chi connectivity index (χ0v) is 16.7. The zero-order chi connectivity index (χ0) is 21.9. The molecule has 0 aliphatic heterocycles. The summed E-state index contributed by atoms with van der Waals surface area (Å²) in [5.74, 6) is 0.557. The van der Waals surface area contributed by atoms with Crippen molar-refractivity contribution in [3.63, 3.8) is 0 Å². The molecule has 0 aromatic heterocycles. The van der Waals surface area contributed by atoms with Crippen LogP contribution in [0.5, 0.6) is 11.5 Å². The Morgan fingerprint density at radius 3 is 2.10 bits per heavy atom. The Morgan fingerprint density at radius 1 is 0.900 bits per heavy atom. The van der Waals surface area contributed by atoms with Crippen LogP contribution in [0.1, 0.15) is 13.3 Å². The lowest BCUT2D eigenvalue weighted by Gasteiger charge is -2.13. The van der Waals surface area contributed by atoms with Gasteiger partial charge in [0, 0.05) is 12.5 Å². The third-order valence-corrected chi connectivity index (χ3v) is 3.59. The highest BCUT2D eigenvalue weighted by molar-refractivity contribution is 6.03. The van der Waals surface area contributed by atoms with Gasteiger partial charge in [0.15, 0.2) is 0 Å². The van der Waals surface area contributed by atoms with Crippen molar-refractivity contribution in [1.82, 2.24) is 10.6 Å². The summed E-state index contributed by atoms with van der Waals surface area (Å²) in [5, 5.41) is 7.24. The largest absolute Gasteiger partial charge is 0.457 e. The number of hydrogen-bond donors (Lipinski definition) is 3. The molecule has 0 heterocycles. The smallest absolute Gasteiger partial charge is 0.413 e. The number of amides is 3. The van der Waals surface area contributed by atoms with Crippen molar-refractivity contribution < 1.29 is 28.6 Å². The van der Waals surface area contributed by atoms with Gasteiger partial charge < -0.3 is 19.5 Å². The van der Waals surface area contributed by atoms with Crippen LogP contribution in [-0.2, 0) is 14.3 Å². The first kappa shape index (κ1) is 22.2. The molecule has 158 valence electrons. The summed E-state index contributed by atoms with van der Waals surface area (Å²) in [6.45, 7) is 1.70. The molecule has 0 radical (unpaired) electrons. The van der Waals surface area contributed by atoms with Gasteiger partial charge in [0.25, 0.3) is 0 Å². The molecule has 0 aliphatic rings. The van der Waals surface area contributed by atoms with Crippen molar-refractivity contribution in [2.75, 3.05) is 19.5 Å². The molecule has 10 nitrogen and oxygen atoms in total. The summed E-state index contributed by atoms with van der Waals surface area (Å²) in [6, 6.07) is 13.9. The number of benzene rings is 2. The number of ether oxygens (including phenoxy) is 3. The Bertz CT molecular complexity index is 910. The standard InChI is InChI=1S/C20H22N4O6/c1-4-17(25)21-16-12-14(30-13-8-6-5-7-9-13)10-11-15(16)22-18(23-19(26)28-2)24-20(27)29-3/h5-12H,4H2,1-3H3,(H,21,25)(H2,22,23,24,26,27). The lowest BCUT2D eigenvalue weighted by Crippen LogP contribution is -2.43. The van der Waals surface area contributed by atoms with E-state index in [9.17, 15) is 14.4 Å². The van der Waals surface area contributed by atoms with E-state index in [2.05, 4.69) is 30.4 Å². The normalized spacial score (nSPS) is 9.70. The fourth-order valence-corrected chi connectivity index (χ4v) is 2.14. The zero-order valence-electron chi connectivity index (χ0n) is 16.7. The number of nitrogens with zero attached hydrogens (tertiary/aromatic N) is 1. The predicted octanol–water partition coefficient (Wildman–Crippen LogP) is 3.53. The highest BCUT2D eigenvalue weighted by Crippen LogP contribution is 2.32. The first-order chi connectivity index (χ1) is 14.4. The minimum Gasteiger partial charge on any atom is -0.457 e. The monoisotopic (exact) mass is 414 g/mol. The van der Waals surface area contributed by atoms with E-state index in [1.54, 1.807) is 37.3 Å². The number of anilines is 1. The van der Waals surface area contributed by atoms with Crippen LogP contribution in [0.4, 0.5) is 21.0 Å². The number of nitrogens with one attached hydrogen (secondary N) is 3. The van der Waals surface area contributed by atoms with Gasteiger partial charge in [-0.2, -0.15) is 0 Å². The first-order valence-corrected chi connectivity index (χ1v) is 8.90. The number of methoxy groups -OCH3 is 2. The van der Waals surface area contributed by atoms with Crippen LogP contribution < -0.4 is 20.7 Å². The van der Waals surface area contributed by atoms with Crippen molar-refractivity contribution in [2.45, 2.75) is 13.3 Å². The highest BCUT2D eigenvalue weighted by Gasteiger charge is 2.13. The number of para-hydroxylation sites is 1. The maximum absolute atomic E-state index is 12.0. The molecule has 10 heteroatoms. The quantitative estimate of drug-likeness (QED) is 0.507. The summed E-state index contributed by atoms with van der Waals surface area (Å²) in [7, 11) is 2.32. The predicted molar refractivity (Wildman–Crippen MR) is 110 cm³/mol. The van der Waals surface area contributed by atoms with E-state index in [4.69, 9.17) is 4.74 Å². The van der Waals surface area contributed by atoms with Crippen LogP contribution >= 0.6 is 0 Å². The minimum absolute atomic E-state index is 0.237. The third kappa shape index (κ3) is 6.82. The van der Waals surface area contributed by atoms with Crippen LogP contribution in [0, 0.1) is 0 Å². The minimum atomic E-state index is -0.853. The van der Waals surface area contributed by atoms with E-state index in [0.717, 1.165) is 14.2 Å². The molecule has 0 unspecified atom stereocenters. The number of rotatable bonds is 5. The molecule has 0 aliphatic carbocycles. The Kier molecular flexibility index (Phi) is 8.18. The van der Waals surface area contributed by atoms with Crippen molar-refractivity contribution in [3.8, 4) is 11.5 Å². The molecule has 30 heavy (non-hydrogen) atoms. The van der Waals surface area contributed by atoms with Gasteiger partial charge in [0.05, 0.1) is 25.6 Å². The van der Waals surface area contributed by atoms with E-state index in [1.165, 1.54) is 0 Å². The topological polar surface area (TPSA) is 127 Å². The molecule has 2 rings (SSSR count). The lowest BCUT2D eigenvalue weighted by atomic mass is 10.2. The van der Waals surface area contributed by atoms with E-state index < -0.39 is 12.2 Å². The second kappa shape index (κ2) is 11.1. The average molecular weight is 414 g/mol. The number of carbonyl (C=O) groups excluding carboxylic acids is 3. The molecule has 2 aromatic carbocycles. The van der Waals surface area contributed by atoms with Crippen molar-refractivity contribution in [2.24, 2.45) is 4.99 Å². The van der Waals surface area contributed by atoms with Gasteiger partial charge in [-0.15, -0.1) is 0 Å². The van der Waals surface area contributed by atoms with Gasteiger partial charge >= 0.3 is 12.2 Å². The van der Waals surface area contributed by atoms with Gasteiger partial charge in [-0.25, -0.2) is 14.6 Å². The van der Waals surface area contributed by atoms with Gasteiger partial charge in [0.1, 0.15) is 11.5 Å². The van der Waals surface area contributed by atoms with Crippen LogP contribution in [0.15, 0.2) is 53.5 Å². The fourth-order valence-electron chi connectivity index (χ4n) is 2.14. The lowest BCUT2D eigenvalue weighted by molar-refractivity contribution is -0.115. The van der Waals surface area contributed by atoms with Crippen LogP contribution in [-0.4, -0.2) is 38.3 Å². The molecule has 0 saturated heterocycles. The molecule has 0 bridgehead atoms. The SMILES string of the molecule is CCC(=O)Nc1cc(Oc2ccccc2)ccc1N=C(NC(=O)OC)NC(=O)OC. The molecular formula is C20H22N4O6. The number of aliphatic imine (C=N–C) groups is 1. The molecular weight excluding hydrogens is 392 g/mol. The Labute approximate surface area is 173 Å². The summed E-state index contributed by atoms with van der Waals surface area (Å²) in [5.41, 5.74) is 0.561. The van der Waals surface area contributed by atoms with Gasteiger partial charge in [-0.1, -0.05) is 25.1 Å². The maximum Gasteiger partial charge on any atom is 0.413 e. The van der Waals surface area contributed by atoms with E-state index in [-0.39, 0.29) is 24.0 Å². The molecule has 3 amide bonds. The van der Waals surface area contributed by atoms with Crippen molar-refractivity contribution in [3.05, 3.63) is 48.5 Å². The Morgan fingerprint density at radius 2 is 1.53 bits per heavy atom. The van der Waals surface area contributed by atoms with E-state index in [0.29, 0.717) is 17.2 Å². The van der Waals surface area contributed by atoms with Gasteiger partial charge in [-0.3, -0.25) is 15.4 Å². The molecule has 0 spiro atoms.